The molecule has 0 unspecified atom stereocenters. The van der Waals surface area contributed by atoms with Crippen LogP contribution in [0, 0.1) is 34.6 Å². The summed E-state index contributed by atoms with van der Waals surface area (Å²) in [4.78, 5) is 22.6. The van der Waals surface area contributed by atoms with E-state index < -0.39 is 0 Å². The average Bonchev–Trinajstić information content (AvgIpc) is 3.52. The number of hydrogen-bond acceptors (Lipinski definition) is 2. The summed E-state index contributed by atoms with van der Waals surface area (Å²) in [7, 11) is 0. The van der Waals surface area contributed by atoms with Crippen molar-refractivity contribution in [2.45, 2.75) is 41.0 Å². The van der Waals surface area contributed by atoms with Gasteiger partial charge in [0.2, 0.25) is 0 Å². The molecule has 7 rings (SSSR count). The summed E-state index contributed by atoms with van der Waals surface area (Å²) in [5, 5.41) is 2.67. The zero-order chi connectivity index (χ0) is 34.3. The topological polar surface area (TPSA) is 34.1 Å². The Morgan fingerprint density at radius 2 is 0.958 bits per heavy atom. The lowest BCUT2D eigenvalue weighted by Crippen LogP contribution is -1.99. The van der Waals surface area contributed by atoms with Gasteiger partial charge in [0.1, 0.15) is 0 Å². The van der Waals surface area contributed by atoms with Gasteiger partial charge in [0.05, 0.1) is 5.57 Å². The van der Waals surface area contributed by atoms with Gasteiger partial charge in [-0.15, -0.1) is 0 Å². The van der Waals surface area contributed by atoms with Gasteiger partial charge in [-0.3, -0.25) is 9.59 Å². The summed E-state index contributed by atoms with van der Waals surface area (Å²) in [5.74, 6) is 0. The largest absolute Gasteiger partial charge is 0.298 e. The lowest BCUT2D eigenvalue weighted by Gasteiger charge is -2.10. The van der Waals surface area contributed by atoms with E-state index in [1.165, 1.54) is 44.2 Å². The smallest absolute Gasteiger partial charge is 0.153 e. The van der Waals surface area contributed by atoms with Gasteiger partial charge in [-0.05, 0) is 90.8 Å². The summed E-state index contributed by atoms with van der Waals surface area (Å²) in [6.45, 7) is 10.5. The van der Waals surface area contributed by atoms with Crippen LogP contribution in [0.1, 0.15) is 44.5 Å². The highest BCUT2D eigenvalue weighted by Gasteiger charge is 2.20. The van der Waals surface area contributed by atoms with E-state index in [0.29, 0.717) is 12.6 Å². The summed E-state index contributed by atoms with van der Waals surface area (Å²) in [6.07, 6.45) is 4.10. The Morgan fingerprint density at radius 1 is 0.500 bits per heavy atom. The molecule has 0 aliphatic heterocycles. The Hall–Kier alpha value is -5.60. The molecular formula is C46H44O2. The van der Waals surface area contributed by atoms with Crippen molar-refractivity contribution in [3.8, 4) is 0 Å². The summed E-state index contributed by atoms with van der Waals surface area (Å²) in [6, 6.07) is 49.4. The van der Waals surface area contributed by atoms with E-state index in [0.717, 1.165) is 28.7 Å². The van der Waals surface area contributed by atoms with Crippen LogP contribution in [0.5, 0.6) is 0 Å². The monoisotopic (exact) mass is 628 g/mol. The minimum Gasteiger partial charge on any atom is -0.298 e. The normalized spacial score (nSPS) is 10.8. The lowest BCUT2D eigenvalue weighted by molar-refractivity contribution is -0.109. The highest BCUT2D eigenvalue weighted by molar-refractivity contribution is 6.12. The maximum atomic E-state index is 11.3. The van der Waals surface area contributed by atoms with E-state index >= 15 is 0 Å². The molecule has 0 spiro atoms. The Kier molecular flexibility index (Phi) is 13.2. The first kappa shape index (κ1) is 35.3. The second-order valence-electron chi connectivity index (χ2n) is 12.1. The summed E-state index contributed by atoms with van der Waals surface area (Å²) < 4.78 is 0. The van der Waals surface area contributed by atoms with Crippen molar-refractivity contribution in [3.63, 3.8) is 0 Å². The minimum absolute atomic E-state index is 0.196. The maximum absolute atomic E-state index is 11.3. The van der Waals surface area contributed by atoms with Gasteiger partial charge in [0.25, 0.3) is 0 Å². The molecule has 6 aromatic rings. The molecule has 48 heavy (non-hydrogen) atoms. The molecule has 1 aliphatic rings. The van der Waals surface area contributed by atoms with E-state index in [-0.39, 0.29) is 5.57 Å². The third-order valence-corrected chi connectivity index (χ3v) is 8.18. The molecule has 2 nitrogen and oxygen atoms in total. The number of allylic oxidation sites excluding steroid dienone is 3. The Labute approximate surface area is 286 Å². The van der Waals surface area contributed by atoms with Crippen LogP contribution in [-0.4, -0.2) is 12.6 Å². The lowest BCUT2D eigenvalue weighted by atomic mass is 9.92. The number of aryl methyl sites for hydroxylation is 5. The van der Waals surface area contributed by atoms with Gasteiger partial charge < -0.3 is 0 Å². The first-order chi connectivity index (χ1) is 23.3. The van der Waals surface area contributed by atoms with Crippen molar-refractivity contribution < 1.29 is 9.59 Å². The Morgan fingerprint density at radius 3 is 1.40 bits per heavy atom. The van der Waals surface area contributed by atoms with Gasteiger partial charge in [0, 0.05) is 0 Å². The number of rotatable bonds is 4. The predicted octanol–water partition coefficient (Wildman–Crippen LogP) is 11.2. The molecule has 0 heterocycles. The van der Waals surface area contributed by atoms with Crippen molar-refractivity contribution >= 4 is 35.0 Å². The molecule has 0 radical (unpaired) electrons. The van der Waals surface area contributed by atoms with Crippen LogP contribution in [0.2, 0.25) is 0 Å². The molecule has 0 saturated carbocycles. The quantitative estimate of drug-likeness (QED) is 0.0842. The standard InChI is InChI=1S/C20H16O2.C12H12.2C7H8/c1-14-7-8-16-10-18(11-17(16)9-14)20(19(12-21)13-22)15-5-3-2-4-6-15;1-9-7-11-5-3-4-6-12(11)8-10(9)2;2*1-7-5-3-2-4-6-7/h2-10,12-13H,11H2,1H3;3-8H,1-2H3;2*2-6H,1H3. The fraction of sp³-hybridized carbons (Fsp3) is 0.130. The average molecular weight is 629 g/mol. The van der Waals surface area contributed by atoms with Gasteiger partial charge in [-0.25, -0.2) is 0 Å². The van der Waals surface area contributed by atoms with Crippen LogP contribution in [0.4, 0.5) is 0 Å². The summed E-state index contributed by atoms with van der Waals surface area (Å²) >= 11 is 0. The molecule has 0 amide bonds. The summed E-state index contributed by atoms with van der Waals surface area (Å²) in [5.41, 5.74) is 11.8. The molecule has 2 heteroatoms. The van der Waals surface area contributed by atoms with Crippen LogP contribution >= 0.6 is 0 Å². The van der Waals surface area contributed by atoms with Gasteiger partial charge in [-0.2, -0.15) is 0 Å². The molecule has 240 valence electrons. The van der Waals surface area contributed by atoms with Crippen molar-refractivity contribution in [1.82, 2.24) is 0 Å². The van der Waals surface area contributed by atoms with Crippen molar-refractivity contribution in [1.29, 1.82) is 0 Å². The molecule has 0 aromatic heterocycles. The third-order valence-electron chi connectivity index (χ3n) is 8.18. The Balaban J connectivity index is 0.000000166. The third kappa shape index (κ3) is 10.2. The number of benzene rings is 6. The van der Waals surface area contributed by atoms with Crippen LogP contribution in [0.25, 0.3) is 22.4 Å². The first-order valence-electron chi connectivity index (χ1n) is 16.3. The van der Waals surface area contributed by atoms with Gasteiger partial charge >= 0.3 is 0 Å². The van der Waals surface area contributed by atoms with E-state index in [2.05, 4.69) is 120 Å². The van der Waals surface area contributed by atoms with Gasteiger partial charge in [0.15, 0.2) is 12.6 Å². The fourth-order valence-electron chi connectivity index (χ4n) is 5.46. The number of carbonyl (C=O) groups excluding carboxylic acids is 2. The van der Waals surface area contributed by atoms with Crippen LogP contribution in [0.3, 0.4) is 0 Å². The van der Waals surface area contributed by atoms with Crippen LogP contribution in [0.15, 0.2) is 157 Å². The zero-order valence-corrected chi connectivity index (χ0v) is 28.6. The molecular weight excluding hydrogens is 585 g/mol. The fourth-order valence-corrected chi connectivity index (χ4v) is 5.46. The van der Waals surface area contributed by atoms with Gasteiger partial charge in [-0.1, -0.05) is 168 Å². The first-order valence-corrected chi connectivity index (χ1v) is 16.3. The minimum atomic E-state index is 0.196. The van der Waals surface area contributed by atoms with Crippen molar-refractivity contribution in [2.75, 3.05) is 0 Å². The predicted molar refractivity (Wildman–Crippen MR) is 204 cm³/mol. The molecule has 0 atom stereocenters. The van der Waals surface area contributed by atoms with E-state index in [1.807, 2.05) is 66.7 Å². The zero-order valence-electron chi connectivity index (χ0n) is 28.6. The number of fused-ring (bicyclic) bond motifs is 2. The highest BCUT2D eigenvalue weighted by atomic mass is 16.1. The Bertz CT molecular complexity index is 1910. The van der Waals surface area contributed by atoms with E-state index in [9.17, 15) is 9.59 Å². The molecule has 0 bridgehead atoms. The molecule has 6 aromatic carbocycles. The number of carbonyl (C=O) groups is 2. The molecule has 1 aliphatic carbocycles. The SMILES string of the molecule is Cc1cc2ccccc2cc1C.Cc1ccc2c(c1)CC(C(=C(C=O)C=O)c1ccccc1)=C2.Cc1ccccc1.Cc1ccccc1. The molecule has 0 saturated heterocycles. The second kappa shape index (κ2) is 17.9. The van der Waals surface area contributed by atoms with Crippen molar-refractivity contribution in [2.24, 2.45) is 0 Å². The second-order valence-corrected chi connectivity index (χ2v) is 12.1. The van der Waals surface area contributed by atoms with E-state index in [1.54, 1.807) is 0 Å². The maximum Gasteiger partial charge on any atom is 0.153 e. The number of aldehydes is 2. The molecule has 0 N–H and O–H groups in total. The van der Waals surface area contributed by atoms with Crippen LogP contribution in [-0.2, 0) is 16.0 Å². The number of hydrogen-bond donors (Lipinski definition) is 0. The van der Waals surface area contributed by atoms with Crippen LogP contribution < -0.4 is 0 Å². The highest BCUT2D eigenvalue weighted by Crippen LogP contribution is 2.36. The van der Waals surface area contributed by atoms with Crippen molar-refractivity contribution in [3.05, 3.63) is 201 Å². The van der Waals surface area contributed by atoms with E-state index in [4.69, 9.17) is 0 Å². The molecule has 0 fully saturated rings.